The first-order valence-corrected chi connectivity index (χ1v) is 6.31. The van der Waals surface area contributed by atoms with E-state index in [2.05, 4.69) is 15.5 Å². The van der Waals surface area contributed by atoms with E-state index in [1.54, 1.807) is 7.11 Å². The van der Waals surface area contributed by atoms with Gasteiger partial charge in [0.2, 0.25) is 11.7 Å². The van der Waals surface area contributed by atoms with E-state index in [0.29, 0.717) is 11.7 Å². The second-order valence-electron chi connectivity index (χ2n) is 4.78. The van der Waals surface area contributed by atoms with Gasteiger partial charge >= 0.3 is 0 Å². The number of hydrogen-bond donors (Lipinski definition) is 1. The van der Waals surface area contributed by atoms with Gasteiger partial charge in [-0.2, -0.15) is 4.98 Å². The molecule has 5 heteroatoms. The van der Waals surface area contributed by atoms with Crippen molar-refractivity contribution in [1.29, 1.82) is 0 Å². The van der Waals surface area contributed by atoms with Gasteiger partial charge in [-0.3, -0.25) is 0 Å². The normalized spacial score (nSPS) is 11.6. The molecule has 0 amide bonds. The minimum Gasteiger partial charge on any atom is -0.496 e. The van der Waals surface area contributed by atoms with E-state index >= 15 is 0 Å². The van der Waals surface area contributed by atoms with E-state index in [-0.39, 0.29) is 5.54 Å². The number of para-hydroxylation sites is 1. The first-order chi connectivity index (χ1) is 9.08. The van der Waals surface area contributed by atoms with Gasteiger partial charge in [0, 0.05) is 0 Å². The number of ether oxygens (including phenoxy) is 1. The molecule has 0 aliphatic heterocycles. The lowest BCUT2D eigenvalue weighted by molar-refractivity contribution is 0.272. The van der Waals surface area contributed by atoms with Gasteiger partial charge in [-0.05, 0) is 32.5 Å². The topological polar surface area (TPSA) is 60.2 Å². The summed E-state index contributed by atoms with van der Waals surface area (Å²) in [6.07, 6.45) is 0. The Morgan fingerprint density at radius 2 is 2.05 bits per heavy atom. The number of methoxy groups -OCH3 is 1. The molecule has 1 heterocycles. The lowest BCUT2D eigenvalue weighted by Crippen LogP contribution is -2.36. The average molecular weight is 261 g/mol. The molecular weight excluding hydrogens is 242 g/mol. The summed E-state index contributed by atoms with van der Waals surface area (Å²) in [6, 6.07) is 7.61. The molecule has 1 N–H and O–H groups in total. The van der Waals surface area contributed by atoms with Crippen LogP contribution in [0.4, 0.5) is 0 Å². The fraction of sp³-hybridized carbons (Fsp3) is 0.429. The molecular formula is C14H19N3O2. The lowest BCUT2D eigenvalue weighted by atomic mass is 10.1. The Morgan fingerprint density at radius 3 is 2.74 bits per heavy atom. The van der Waals surface area contributed by atoms with E-state index in [0.717, 1.165) is 17.9 Å². The number of aromatic nitrogens is 2. The van der Waals surface area contributed by atoms with Gasteiger partial charge in [0.15, 0.2) is 0 Å². The highest BCUT2D eigenvalue weighted by molar-refractivity contribution is 5.63. The Morgan fingerprint density at radius 1 is 1.32 bits per heavy atom. The predicted octanol–water partition coefficient (Wildman–Crippen LogP) is 2.59. The monoisotopic (exact) mass is 261 g/mol. The van der Waals surface area contributed by atoms with Crippen molar-refractivity contribution in [1.82, 2.24) is 15.5 Å². The zero-order valence-electron chi connectivity index (χ0n) is 11.7. The van der Waals surface area contributed by atoms with Gasteiger partial charge in [-0.15, -0.1) is 0 Å². The van der Waals surface area contributed by atoms with E-state index < -0.39 is 0 Å². The number of hydrogen-bond acceptors (Lipinski definition) is 5. The van der Waals surface area contributed by atoms with E-state index in [4.69, 9.17) is 9.26 Å². The maximum absolute atomic E-state index is 5.36. The van der Waals surface area contributed by atoms with Gasteiger partial charge in [0.25, 0.3) is 0 Å². The van der Waals surface area contributed by atoms with Crippen LogP contribution in [0.5, 0.6) is 5.75 Å². The zero-order chi connectivity index (χ0) is 13.9. The molecule has 0 fully saturated rings. The second kappa shape index (κ2) is 5.40. The van der Waals surface area contributed by atoms with Gasteiger partial charge in [0.1, 0.15) is 5.75 Å². The maximum Gasteiger partial charge on any atom is 0.246 e. The Labute approximate surface area is 113 Å². The van der Waals surface area contributed by atoms with E-state index in [1.165, 1.54) is 0 Å². The average Bonchev–Trinajstić information content (AvgIpc) is 2.89. The lowest BCUT2D eigenvalue weighted by Gasteiger charge is -2.20. The van der Waals surface area contributed by atoms with Gasteiger partial charge in [-0.1, -0.05) is 24.2 Å². The van der Waals surface area contributed by atoms with Crippen LogP contribution in [0.3, 0.4) is 0 Å². The molecule has 2 rings (SSSR count). The van der Waals surface area contributed by atoms with Crippen LogP contribution in [0, 0.1) is 0 Å². The zero-order valence-corrected chi connectivity index (χ0v) is 11.7. The van der Waals surface area contributed by atoms with Crippen LogP contribution >= 0.6 is 0 Å². The van der Waals surface area contributed by atoms with Crippen LogP contribution in [-0.4, -0.2) is 23.8 Å². The van der Waals surface area contributed by atoms with Crippen molar-refractivity contribution < 1.29 is 9.26 Å². The largest absolute Gasteiger partial charge is 0.496 e. The molecule has 0 saturated heterocycles. The van der Waals surface area contributed by atoms with Crippen molar-refractivity contribution in [3.63, 3.8) is 0 Å². The summed E-state index contributed by atoms with van der Waals surface area (Å²) in [5.74, 6) is 1.84. The number of rotatable bonds is 5. The van der Waals surface area contributed by atoms with Crippen LogP contribution < -0.4 is 10.1 Å². The summed E-state index contributed by atoms with van der Waals surface area (Å²) in [6.45, 7) is 6.89. The molecule has 0 saturated carbocycles. The number of benzene rings is 1. The molecule has 0 unspecified atom stereocenters. The van der Waals surface area contributed by atoms with Crippen molar-refractivity contribution in [2.75, 3.05) is 13.7 Å². The molecule has 1 aromatic carbocycles. The van der Waals surface area contributed by atoms with Crippen LogP contribution in [0.2, 0.25) is 0 Å². The molecule has 0 radical (unpaired) electrons. The maximum atomic E-state index is 5.36. The third-order valence-electron chi connectivity index (χ3n) is 2.93. The molecule has 0 bridgehead atoms. The second-order valence-corrected chi connectivity index (χ2v) is 4.78. The van der Waals surface area contributed by atoms with Crippen molar-refractivity contribution in [3.8, 4) is 17.1 Å². The Kier molecular flexibility index (Phi) is 3.85. The summed E-state index contributed by atoms with van der Waals surface area (Å²) in [5.41, 5.74) is 0.481. The fourth-order valence-electron chi connectivity index (χ4n) is 1.93. The van der Waals surface area contributed by atoms with Crippen molar-refractivity contribution in [3.05, 3.63) is 30.2 Å². The molecule has 0 spiro atoms. The fourth-order valence-corrected chi connectivity index (χ4v) is 1.93. The SMILES string of the molecule is CCNC(C)(C)c1nc(-c2ccccc2OC)no1. The molecule has 102 valence electrons. The molecule has 1 aromatic heterocycles. The molecule has 0 atom stereocenters. The van der Waals surface area contributed by atoms with E-state index in [1.807, 2.05) is 45.0 Å². The minimum atomic E-state index is -0.345. The van der Waals surface area contributed by atoms with Gasteiger partial charge in [-0.25, -0.2) is 0 Å². The smallest absolute Gasteiger partial charge is 0.246 e. The summed E-state index contributed by atoms with van der Waals surface area (Å²) in [5, 5.41) is 7.34. The van der Waals surface area contributed by atoms with Crippen molar-refractivity contribution >= 4 is 0 Å². The van der Waals surface area contributed by atoms with Crippen molar-refractivity contribution in [2.24, 2.45) is 0 Å². The standard InChI is InChI=1S/C14H19N3O2/c1-5-15-14(2,3)13-16-12(17-19-13)10-8-6-7-9-11(10)18-4/h6-9,15H,5H2,1-4H3. The summed E-state index contributed by atoms with van der Waals surface area (Å²) < 4.78 is 10.7. The van der Waals surface area contributed by atoms with Gasteiger partial charge in [0.05, 0.1) is 18.2 Å². The molecule has 0 aliphatic rings. The quantitative estimate of drug-likeness (QED) is 0.896. The molecule has 5 nitrogen and oxygen atoms in total. The summed E-state index contributed by atoms with van der Waals surface area (Å²) in [4.78, 5) is 4.46. The molecule has 0 aliphatic carbocycles. The summed E-state index contributed by atoms with van der Waals surface area (Å²) in [7, 11) is 1.63. The van der Waals surface area contributed by atoms with Crippen LogP contribution in [0.25, 0.3) is 11.4 Å². The predicted molar refractivity (Wildman–Crippen MR) is 73.0 cm³/mol. The van der Waals surface area contributed by atoms with Crippen LogP contribution in [-0.2, 0) is 5.54 Å². The minimum absolute atomic E-state index is 0.345. The Hall–Kier alpha value is -1.88. The third kappa shape index (κ3) is 2.76. The summed E-state index contributed by atoms with van der Waals surface area (Å²) >= 11 is 0. The van der Waals surface area contributed by atoms with Gasteiger partial charge < -0.3 is 14.6 Å². The Balaban J connectivity index is 2.36. The number of nitrogens with one attached hydrogen (secondary N) is 1. The highest BCUT2D eigenvalue weighted by atomic mass is 16.5. The first-order valence-electron chi connectivity index (χ1n) is 6.31. The van der Waals surface area contributed by atoms with Crippen molar-refractivity contribution in [2.45, 2.75) is 26.3 Å². The highest BCUT2D eigenvalue weighted by Gasteiger charge is 2.27. The Bertz CT molecular complexity index is 549. The third-order valence-corrected chi connectivity index (χ3v) is 2.93. The first kappa shape index (κ1) is 13.5. The highest BCUT2D eigenvalue weighted by Crippen LogP contribution is 2.28. The van der Waals surface area contributed by atoms with Crippen LogP contribution in [0.15, 0.2) is 28.8 Å². The van der Waals surface area contributed by atoms with Crippen LogP contribution in [0.1, 0.15) is 26.7 Å². The molecule has 19 heavy (non-hydrogen) atoms. The number of nitrogens with zero attached hydrogens (tertiary/aromatic N) is 2. The molecule has 2 aromatic rings. The van der Waals surface area contributed by atoms with E-state index in [9.17, 15) is 0 Å².